The lowest BCUT2D eigenvalue weighted by Gasteiger charge is -2.03. The number of aromatic nitrogens is 2. The van der Waals surface area contributed by atoms with Gasteiger partial charge in [-0.1, -0.05) is 0 Å². The highest BCUT2D eigenvalue weighted by atomic mass is 32.2. The summed E-state index contributed by atoms with van der Waals surface area (Å²) in [5.74, 6) is 0.709. The number of ether oxygens (including phenoxy) is 1. The molecule has 3 aromatic rings. The van der Waals surface area contributed by atoms with Crippen LogP contribution in [-0.4, -0.2) is 25.3 Å². The molecular weight excluding hydrogens is 340 g/mol. The number of rotatable bonds is 4. The molecule has 3 rings (SSSR count). The summed E-state index contributed by atoms with van der Waals surface area (Å²) in [6.45, 7) is 0. The van der Waals surface area contributed by atoms with Gasteiger partial charge in [0.25, 0.3) is 0 Å². The van der Waals surface area contributed by atoms with Crippen molar-refractivity contribution in [3.63, 3.8) is 0 Å². The molecule has 0 aliphatic heterocycles. The average Bonchev–Trinajstić information content (AvgIpc) is 3.05. The molecule has 126 valence electrons. The summed E-state index contributed by atoms with van der Waals surface area (Å²) in [5, 5.41) is 18.9. The third-order valence-electron chi connectivity index (χ3n) is 3.63. The zero-order chi connectivity index (χ0) is 18.0. The van der Waals surface area contributed by atoms with Gasteiger partial charge >= 0.3 is 0 Å². The molecular formula is C17H14N4O3S. The van der Waals surface area contributed by atoms with Crippen LogP contribution in [0.1, 0.15) is 5.56 Å². The second kappa shape index (κ2) is 6.39. The Morgan fingerprint density at radius 3 is 2.28 bits per heavy atom. The number of primary sulfonamides is 1. The monoisotopic (exact) mass is 354 g/mol. The van der Waals surface area contributed by atoms with Crippen molar-refractivity contribution in [3.8, 4) is 28.8 Å². The summed E-state index contributed by atoms with van der Waals surface area (Å²) in [6.07, 6.45) is 1.59. The zero-order valence-corrected chi connectivity index (χ0v) is 14.1. The molecule has 0 aliphatic carbocycles. The molecule has 0 radical (unpaired) electrons. The summed E-state index contributed by atoms with van der Waals surface area (Å²) >= 11 is 0. The summed E-state index contributed by atoms with van der Waals surface area (Å²) in [5.41, 5.74) is 2.32. The molecule has 7 nitrogen and oxygen atoms in total. The van der Waals surface area contributed by atoms with Crippen LogP contribution in [0.15, 0.2) is 59.6 Å². The van der Waals surface area contributed by atoms with Gasteiger partial charge in [-0.3, -0.25) is 0 Å². The van der Waals surface area contributed by atoms with E-state index in [9.17, 15) is 13.7 Å². The average molecular weight is 354 g/mol. The van der Waals surface area contributed by atoms with Crippen LogP contribution in [0.5, 0.6) is 5.75 Å². The first kappa shape index (κ1) is 16.7. The third-order valence-corrected chi connectivity index (χ3v) is 4.56. The van der Waals surface area contributed by atoms with Gasteiger partial charge < -0.3 is 4.74 Å². The van der Waals surface area contributed by atoms with Crippen molar-refractivity contribution in [2.45, 2.75) is 4.90 Å². The number of hydrogen-bond donors (Lipinski definition) is 1. The first-order chi connectivity index (χ1) is 11.9. The molecule has 0 amide bonds. The van der Waals surface area contributed by atoms with Gasteiger partial charge in [0.15, 0.2) is 0 Å². The summed E-state index contributed by atoms with van der Waals surface area (Å²) < 4.78 is 29.3. The number of nitrogens with zero attached hydrogens (tertiary/aromatic N) is 3. The highest BCUT2D eigenvalue weighted by molar-refractivity contribution is 7.89. The molecule has 1 heterocycles. The fourth-order valence-corrected chi connectivity index (χ4v) is 2.85. The van der Waals surface area contributed by atoms with Crippen molar-refractivity contribution < 1.29 is 13.2 Å². The van der Waals surface area contributed by atoms with Gasteiger partial charge in [0.05, 0.1) is 23.3 Å². The van der Waals surface area contributed by atoms with E-state index in [4.69, 9.17) is 9.88 Å². The lowest BCUT2D eigenvalue weighted by molar-refractivity contribution is 0.415. The van der Waals surface area contributed by atoms with Gasteiger partial charge in [-0.25, -0.2) is 18.2 Å². The second-order valence-electron chi connectivity index (χ2n) is 5.22. The Kier molecular flexibility index (Phi) is 4.27. The Hall–Kier alpha value is -3.15. The summed E-state index contributed by atoms with van der Waals surface area (Å²) in [7, 11) is -2.17. The molecule has 0 fully saturated rings. The lowest BCUT2D eigenvalue weighted by atomic mass is 10.1. The Balaban J connectivity index is 2.02. The maximum atomic E-state index is 11.3. The van der Waals surface area contributed by atoms with Crippen LogP contribution >= 0.6 is 0 Å². The molecule has 0 aliphatic rings. The predicted octanol–water partition coefficient (Wildman–Crippen LogP) is 2.07. The second-order valence-corrected chi connectivity index (χ2v) is 6.78. The molecule has 0 unspecified atom stereocenters. The largest absolute Gasteiger partial charge is 0.497 e. The van der Waals surface area contributed by atoms with E-state index in [0.29, 0.717) is 22.7 Å². The van der Waals surface area contributed by atoms with E-state index in [1.54, 1.807) is 37.6 Å². The molecule has 0 saturated carbocycles. The van der Waals surface area contributed by atoms with Gasteiger partial charge in [0, 0.05) is 11.8 Å². The fraction of sp³-hybridized carbons (Fsp3) is 0.0588. The van der Waals surface area contributed by atoms with Crippen LogP contribution in [0.3, 0.4) is 0 Å². The Bertz CT molecular complexity index is 1050. The van der Waals surface area contributed by atoms with Gasteiger partial charge in [-0.15, -0.1) is 0 Å². The molecule has 8 heteroatoms. The Morgan fingerprint density at radius 1 is 1.12 bits per heavy atom. The molecule has 0 spiro atoms. The van der Waals surface area contributed by atoms with Gasteiger partial charge in [0.1, 0.15) is 17.5 Å². The first-order valence-corrected chi connectivity index (χ1v) is 8.74. The topological polar surface area (TPSA) is 111 Å². The molecule has 2 N–H and O–H groups in total. The van der Waals surface area contributed by atoms with E-state index in [0.717, 1.165) is 5.56 Å². The van der Waals surface area contributed by atoms with E-state index in [-0.39, 0.29) is 4.90 Å². The number of methoxy groups -OCH3 is 1. The van der Waals surface area contributed by atoms with Crippen molar-refractivity contribution in [2.24, 2.45) is 5.14 Å². The molecule has 0 bridgehead atoms. The molecule has 25 heavy (non-hydrogen) atoms. The van der Waals surface area contributed by atoms with Crippen LogP contribution in [0.4, 0.5) is 0 Å². The summed E-state index contributed by atoms with van der Waals surface area (Å²) in [4.78, 5) is 0.0132. The molecule has 0 atom stereocenters. The standard InChI is InChI=1S/C17H14N4O3S/c1-24-15-6-2-12(3-7-15)17-13(10-18)11-21(20-17)14-4-8-16(9-5-14)25(19,22)23/h2-9,11H,1H3,(H2,19,22,23). The number of benzene rings is 2. The first-order valence-electron chi connectivity index (χ1n) is 7.20. The highest BCUT2D eigenvalue weighted by Crippen LogP contribution is 2.25. The maximum absolute atomic E-state index is 11.3. The van der Waals surface area contributed by atoms with Crippen molar-refractivity contribution in [1.29, 1.82) is 5.26 Å². The number of hydrogen-bond acceptors (Lipinski definition) is 5. The maximum Gasteiger partial charge on any atom is 0.238 e. The van der Waals surface area contributed by atoms with E-state index < -0.39 is 10.0 Å². The fourth-order valence-electron chi connectivity index (χ4n) is 2.34. The quantitative estimate of drug-likeness (QED) is 0.771. The van der Waals surface area contributed by atoms with Crippen LogP contribution < -0.4 is 9.88 Å². The van der Waals surface area contributed by atoms with Crippen molar-refractivity contribution in [2.75, 3.05) is 7.11 Å². The van der Waals surface area contributed by atoms with Gasteiger partial charge in [-0.05, 0) is 48.5 Å². The minimum absolute atomic E-state index is 0.0132. The van der Waals surface area contributed by atoms with Crippen LogP contribution in [0.2, 0.25) is 0 Å². The van der Waals surface area contributed by atoms with Crippen molar-refractivity contribution >= 4 is 10.0 Å². The third kappa shape index (κ3) is 3.38. The van der Waals surface area contributed by atoms with Gasteiger partial charge in [0.2, 0.25) is 10.0 Å². The predicted molar refractivity (Wildman–Crippen MR) is 91.6 cm³/mol. The van der Waals surface area contributed by atoms with E-state index >= 15 is 0 Å². The van der Waals surface area contributed by atoms with Crippen molar-refractivity contribution in [3.05, 3.63) is 60.3 Å². The van der Waals surface area contributed by atoms with Crippen LogP contribution in [0, 0.1) is 11.3 Å². The number of nitriles is 1. The minimum Gasteiger partial charge on any atom is -0.497 e. The molecule has 0 saturated heterocycles. The summed E-state index contributed by atoms with van der Waals surface area (Å²) in [6, 6.07) is 15.3. The van der Waals surface area contributed by atoms with E-state index in [2.05, 4.69) is 11.2 Å². The minimum atomic E-state index is -3.75. The Morgan fingerprint density at radius 2 is 1.76 bits per heavy atom. The van der Waals surface area contributed by atoms with Gasteiger partial charge in [-0.2, -0.15) is 10.4 Å². The number of nitrogens with two attached hydrogens (primary N) is 1. The van der Waals surface area contributed by atoms with E-state index in [1.807, 2.05) is 12.1 Å². The van der Waals surface area contributed by atoms with Crippen molar-refractivity contribution in [1.82, 2.24) is 9.78 Å². The normalized spacial score (nSPS) is 11.1. The highest BCUT2D eigenvalue weighted by Gasteiger charge is 2.13. The van der Waals surface area contributed by atoms with E-state index in [1.165, 1.54) is 16.8 Å². The number of sulfonamides is 1. The van der Waals surface area contributed by atoms with Crippen LogP contribution in [-0.2, 0) is 10.0 Å². The Labute approximate surface area is 144 Å². The molecule has 2 aromatic carbocycles. The zero-order valence-electron chi connectivity index (χ0n) is 13.2. The molecule has 1 aromatic heterocycles. The van der Waals surface area contributed by atoms with Crippen LogP contribution in [0.25, 0.3) is 16.9 Å². The lowest BCUT2D eigenvalue weighted by Crippen LogP contribution is -2.12. The smallest absolute Gasteiger partial charge is 0.238 e. The SMILES string of the molecule is COc1ccc(-c2nn(-c3ccc(S(N)(=O)=O)cc3)cc2C#N)cc1.